The van der Waals surface area contributed by atoms with Crippen molar-refractivity contribution in [3.8, 4) is 0 Å². The molecule has 7 heteroatoms. The van der Waals surface area contributed by atoms with Gasteiger partial charge in [0.1, 0.15) is 0 Å². The molecule has 1 amide bonds. The Morgan fingerprint density at radius 2 is 2.37 bits per heavy atom. The summed E-state index contributed by atoms with van der Waals surface area (Å²) < 4.78 is 10.2. The topological polar surface area (TPSA) is 90.4 Å². The van der Waals surface area contributed by atoms with Crippen molar-refractivity contribution in [3.05, 3.63) is 24.3 Å². The van der Waals surface area contributed by atoms with Gasteiger partial charge in [-0.2, -0.15) is 0 Å². The highest BCUT2D eigenvalue weighted by atomic mass is 16.5. The molecule has 0 unspecified atom stereocenters. The van der Waals surface area contributed by atoms with Gasteiger partial charge in [-0.05, 0) is 12.8 Å². The van der Waals surface area contributed by atoms with Gasteiger partial charge in [0.25, 0.3) is 5.91 Å². The fraction of sp³-hybridized carbons (Fsp3) is 0.500. The van der Waals surface area contributed by atoms with Crippen molar-refractivity contribution in [2.45, 2.75) is 18.9 Å². The third-order valence-corrected chi connectivity index (χ3v) is 2.66. The van der Waals surface area contributed by atoms with Gasteiger partial charge in [-0.3, -0.25) is 9.78 Å². The highest BCUT2D eigenvalue weighted by Gasteiger charge is 2.17. The predicted molar refractivity (Wildman–Crippen MR) is 64.3 cm³/mol. The van der Waals surface area contributed by atoms with Gasteiger partial charge in [0.15, 0.2) is 12.3 Å². The van der Waals surface area contributed by atoms with Crippen molar-refractivity contribution >= 4 is 11.9 Å². The first-order chi connectivity index (χ1) is 9.25. The van der Waals surface area contributed by atoms with E-state index in [1.54, 1.807) is 0 Å². The first kappa shape index (κ1) is 13.4. The Labute approximate surface area is 110 Å². The molecular formula is C12H15N3O4. The fourth-order valence-electron chi connectivity index (χ4n) is 1.69. The van der Waals surface area contributed by atoms with Crippen molar-refractivity contribution < 1.29 is 19.1 Å². The number of nitrogens with one attached hydrogen (secondary N) is 1. The highest BCUT2D eigenvalue weighted by Crippen LogP contribution is 2.10. The summed E-state index contributed by atoms with van der Waals surface area (Å²) in [7, 11) is 0. The molecule has 0 saturated carbocycles. The number of hydrogen-bond acceptors (Lipinski definition) is 6. The summed E-state index contributed by atoms with van der Waals surface area (Å²) in [5.41, 5.74) is 0.0782. The molecule has 0 bridgehead atoms. The molecular weight excluding hydrogens is 250 g/mol. The largest absolute Gasteiger partial charge is 0.451 e. The molecule has 0 radical (unpaired) electrons. The van der Waals surface area contributed by atoms with Gasteiger partial charge in [0.2, 0.25) is 0 Å². The molecule has 1 aliphatic rings. The zero-order chi connectivity index (χ0) is 13.5. The zero-order valence-corrected chi connectivity index (χ0v) is 10.4. The van der Waals surface area contributed by atoms with E-state index >= 15 is 0 Å². The van der Waals surface area contributed by atoms with Crippen LogP contribution in [0.1, 0.15) is 23.3 Å². The molecule has 1 atom stereocenters. The maximum Gasteiger partial charge on any atom is 0.359 e. The molecule has 0 aliphatic carbocycles. The first-order valence-electron chi connectivity index (χ1n) is 6.07. The smallest absolute Gasteiger partial charge is 0.359 e. The quantitative estimate of drug-likeness (QED) is 0.749. The molecule has 1 saturated heterocycles. The van der Waals surface area contributed by atoms with Crippen LogP contribution in [-0.4, -0.2) is 47.7 Å². The number of rotatable bonds is 5. The van der Waals surface area contributed by atoms with Crippen molar-refractivity contribution in [2.75, 3.05) is 19.8 Å². The number of amides is 1. The molecule has 1 aromatic heterocycles. The van der Waals surface area contributed by atoms with Crippen LogP contribution in [0.15, 0.2) is 18.6 Å². The third kappa shape index (κ3) is 4.29. The van der Waals surface area contributed by atoms with E-state index < -0.39 is 5.97 Å². The lowest BCUT2D eigenvalue weighted by Crippen LogP contribution is -2.34. The number of aromatic nitrogens is 2. The van der Waals surface area contributed by atoms with Gasteiger partial charge in [-0.25, -0.2) is 9.78 Å². The number of hydrogen-bond donors (Lipinski definition) is 1. The molecule has 102 valence electrons. The lowest BCUT2D eigenvalue weighted by molar-refractivity contribution is -0.124. The molecule has 19 heavy (non-hydrogen) atoms. The van der Waals surface area contributed by atoms with Crippen LogP contribution in [0.3, 0.4) is 0 Å². The van der Waals surface area contributed by atoms with Crippen LogP contribution in [0.2, 0.25) is 0 Å². The first-order valence-corrected chi connectivity index (χ1v) is 6.07. The Hall–Kier alpha value is -2.02. The van der Waals surface area contributed by atoms with Gasteiger partial charge in [-0.1, -0.05) is 0 Å². The summed E-state index contributed by atoms with van der Waals surface area (Å²) in [5.74, 6) is -1.02. The summed E-state index contributed by atoms with van der Waals surface area (Å²) >= 11 is 0. The highest BCUT2D eigenvalue weighted by molar-refractivity contribution is 5.89. The molecule has 2 rings (SSSR count). The van der Waals surface area contributed by atoms with Crippen LogP contribution < -0.4 is 5.32 Å². The van der Waals surface area contributed by atoms with Gasteiger partial charge in [0.05, 0.1) is 12.3 Å². The van der Waals surface area contributed by atoms with E-state index in [1.165, 1.54) is 18.6 Å². The molecule has 1 N–H and O–H groups in total. The minimum Gasteiger partial charge on any atom is -0.451 e. The summed E-state index contributed by atoms with van der Waals surface area (Å²) in [6, 6.07) is 0. The van der Waals surface area contributed by atoms with Gasteiger partial charge in [0, 0.05) is 25.5 Å². The Morgan fingerprint density at radius 3 is 3.05 bits per heavy atom. The van der Waals surface area contributed by atoms with Crippen LogP contribution >= 0.6 is 0 Å². The van der Waals surface area contributed by atoms with E-state index in [-0.39, 0.29) is 24.3 Å². The van der Waals surface area contributed by atoms with E-state index in [2.05, 4.69) is 15.3 Å². The zero-order valence-electron chi connectivity index (χ0n) is 10.4. The van der Waals surface area contributed by atoms with E-state index in [0.717, 1.165) is 19.4 Å². The SMILES string of the molecule is O=C(COC(=O)c1cnccn1)NC[C@H]1CCCO1. The second-order valence-corrected chi connectivity index (χ2v) is 4.11. The average Bonchev–Trinajstić information content (AvgIpc) is 2.96. The van der Waals surface area contributed by atoms with Crippen molar-refractivity contribution in [3.63, 3.8) is 0 Å². The average molecular weight is 265 g/mol. The monoisotopic (exact) mass is 265 g/mol. The molecule has 0 spiro atoms. The second kappa shape index (κ2) is 6.79. The normalized spacial score (nSPS) is 18.0. The fourth-order valence-corrected chi connectivity index (χ4v) is 1.69. The van der Waals surface area contributed by atoms with E-state index in [0.29, 0.717) is 6.54 Å². The van der Waals surface area contributed by atoms with Crippen molar-refractivity contribution in [2.24, 2.45) is 0 Å². The van der Waals surface area contributed by atoms with Gasteiger partial charge < -0.3 is 14.8 Å². The molecule has 2 heterocycles. The van der Waals surface area contributed by atoms with Crippen LogP contribution in [0, 0.1) is 0 Å². The summed E-state index contributed by atoms with van der Waals surface area (Å²) in [5, 5.41) is 2.65. The maximum absolute atomic E-state index is 11.5. The molecule has 1 aromatic rings. The number of ether oxygens (including phenoxy) is 2. The Kier molecular flexibility index (Phi) is 4.79. The van der Waals surface area contributed by atoms with Crippen molar-refractivity contribution in [1.82, 2.24) is 15.3 Å². The van der Waals surface area contributed by atoms with Gasteiger partial charge in [-0.15, -0.1) is 0 Å². The van der Waals surface area contributed by atoms with Gasteiger partial charge >= 0.3 is 5.97 Å². The minimum atomic E-state index is -0.666. The molecule has 7 nitrogen and oxygen atoms in total. The Bertz CT molecular complexity index is 432. The predicted octanol–water partition coefficient (Wildman–Crippen LogP) is -0.0714. The summed E-state index contributed by atoms with van der Waals surface area (Å²) in [6.07, 6.45) is 6.15. The van der Waals surface area contributed by atoms with Crippen molar-refractivity contribution in [1.29, 1.82) is 0 Å². The Balaban J connectivity index is 1.67. The van der Waals surface area contributed by atoms with Crippen LogP contribution in [-0.2, 0) is 14.3 Å². The summed E-state index contributed by atoms with van der Waals surface area (Å²) in [4.78, 5) is 30.5. The van der Waals surface area contributed by atoms with Crippen LogP contribution in [0.4, 0.5) is 0 Å². The van der Waals surface area contributed by atoms with Crippen LogP contribution in [0.25, 0.3) is 0 Å². The summed E-state index contributed by atoms with van der Waals surface area (Å²) in [6.45, 7) is 0.853. The number of carbonyl (C=O) groups is 2. The third-order valence-electron chi connectivity index (χ3n) is 2.66. The minimum absolute atomic E-state index is 0.0691. The standard InChI is InChI=1S/C12H15N3O4/c16-11(15-6-9-2-1-5-18-9)8-19-12(17)10-7-13-3-4-14-10/h3-4,7,9H,1-2,5-6,8H2,(H,15,16)/t9-/m1/s1. The van der Waals surface area contributed by atoms with E-state index in [9.17, 15) is 9.59 Å². The molecule has 1 aliphatic heterocycles. The lowest BCUT2D eigenvalue weighted by Gasteiger charge is -2.10. The maximum atomic E-state index is 11.5. The second-order valence-electron chi connectivity index (χ2n) is 4.11. The lowest BCUT2D eigenvalue weighted by atomic mass is 10.2. The molecule has 1 fully saturated rings. The Morgan fingerprint density at radius 1 is 1.47 bits per heavy atom. The number of carbonyl (C=O) groups excluding carboxylic acids is 2. The number of nitrogens with zero attached hydrogens (tertiary/aromatic N) is 2. The van der Waals surface area contributed by atoms with E-state index in [4.69, 9.17) is 9.47 Å². The van der Waals surface area contributed by atoms with E-state index in [1.807, 2.05) is 0 Å². The number of esters is 1. The molecule has 0 aromatic carbocycles. The van der Waals surface area contributed by atoms with Crippen LogP contribution in [0.5, 0.6) is 0 Å².